The molecule has 0 aromatic rings. The minimum absolute atomic E-state index is 0.0206. The molecule has 0 atom stereocenters. The fraction of sp³-hybridized carbons (Fsp3) is 0.818. The van der Waals surface area contributed by atoms with E-state index in [2.05, 4.69) is 5.32 Å². The number of likely N-dealkylation sites (N-methyl/N-ethyl adjacent to an activating group) is 1. The third-order valence-electron chi connectivity index (χ3n) is 2.25. The average molecular weight is 245 g/mol. The first kappa shape index (κ1) is 15.9. The largest absolute Gasteiger partial charge is 0.480 e. The van der Waals surface area contributed by atoms with Gasteiger partial charge in [-0.2, -0.15) is 0 Å². The number of rotatable bonds is 9. The number of amides is 1. The monoisotopic (exact) mass is 245 g/mol. The average Bonchev–Trinajstić information content (AvgIpc) is 2.21. The van der Waals surface area contributed by atoms with Crippen LogP contribution < -0.4 is 5.32 Å². The van der Waals surface area contributed by atoms with Crippen LogP contribution in [-0.4, -0.2) is 73.6 Å². The van der Waals surface area contributed by atoms with Crippen LogP contribution in [0.2, 0.25) is 0 Å². The highest BCUT2D eigenvalue weighted by atomic mass is 16.4. The lowest BCUT2D eigenvalue weighted by Crippen LogP contribution is -2.38. The number of carboxylic acids is 1. The molecule has 0 aliphatic carbocycles. The van der Waals surface area contributed by atoms with Gasteiger partial charge in [0, 0.05) is 32.6 Å². The molecule has 0 aliphatic rings. The third-order valence-corrected chi connectivity index (χ3v) is 2.25. The first-order valence-electron chi connectivity index (χ1n) is 5.81. The molecule has 0 saturated carbocycles. The zero-order valence-corrected chi connectivity index (χ0v) is 10.9. The van der Waals surface area contributed by atoms with Gasteiger partial charge in [0.2, 0.25) is 5.91 Å². The van der Waals surface area contributed by atoms with Crippen molar-refractivity contribution in [2.45, 2.75) is 13.3 Å². The van der Waals surface area contributed by atoms with E-state index in [1.165, 1.54) is 0 Å². The van der Waals surface area contributed by atoms with Crippen LogP contribution in [0.4, 0.5) is 0 Å². The molecular weight excluding hydrogens is 222 g/mol. The summed E-state index contributed by atoms with van der Waals surface area (Å²) in [6, 6.07) is 0. The quantitative estimate of drug-likeness (QED) is 0.571. The van der Waals surface area contributed by atoms with E-state index in [0.29, 0.717) is 26.1 Å². The molecule has 0 aliphatic heterocycles. The van der Waals surface area contributed by atoms with Crippen molar-refractivity contribution in [3.8, 4) is 0 Å². The minimum atomic E-state index is -0.861. The molecule has 0 spiro atoms. The normalized spacial score (nSPS) is 10.9. The summed E-state index contributed by atoms with van der Waals surface area (Å²) >= 11 is 0. The topological polar surface area (TPSA) is 72.9 Å². The first-order chi connectivity index (χ1) is 7.95. The lowest BCUT2D eigenvalue weighted by atomic mass is 10.3. The number of nitrogens with zero attached hydrogens (tertiary/aromatic N) is 2. The van der Waals surface area contributed by atoms with Crippen LogP contribution in [0.15, 0.2) is 0 Å². The van der Waals surface area contributed by atoms with E-state index in [9.17, 15) is 9.59 Å². The number of carbonyl (C=O) groups excluding carboxylic acids is 1. The van der Waals surface area contributed by atoms with Crippen molar-refractivity contribution in [2.75, 3.05) is 46.8 Å². The molecule has 0 bridgehead atoms. The number of hydrogen-bond donors (Lipinski definition) is 2. The number of aliphatic carboxylic acids is 1. The Morgan fingerprint density at radius 1 is 1.18 bits per heavy atom. The molecule has 0 radical (unpaired) electrons. The van der Waals surface area contributed by atoms with E-state index >= 15 is 0 Å². The van der Waals surface area contributed by atoms with E-state index in [4.69, 9.17) is 5.11 Å². The zero-order valence-electron chi connectivity index (χ0n) is 10.9. The van der Waals surface area contributed by atoms with Crippen LogP contribution in [-0.2, 0) is 9.59 Å². The maximum atomic E-state index is 11.3. The number of carboxylic acid groups (broad SMARTS) is 1. The molecule has 100 valence electrons. The lowest BCUT2D eigenvalue weighted by Gasteiger charge is -2.21. The van der Waals surface area contributed by atoms with E-state index in [1.807, 2.05) is 25.9 Å². The van der Waals surface area contributed by atoms with E-state index in [0.717, 1.165) is 6.54 Å². The Labute approximate surface area is 103 Å². The minimum Gasteiger partial charge on any atom is -0.480 e. The van der Waals surface area contributed by atoms with Gasteiger partial charge in [-0.3, -0.25) is 14.5 Å². The number of hydrogen-bond acceptors (Lipinski definition) is 4. The fourth-order valence-corrected chi connectivity index (χ4v) is 1.35. The highest BCUT2D eigenvalue weighted by Gasteiger charge is 2.11. The molecule has 0 heterocycles. The van der Waals surface area contributed by atoms with Crippen LogP contribution in [0, 0.1) is 0 Å². The standard InChI is InChI=1S/C11H23N3O3/c1-4-12-10(15)5-6-14(9-11(16)17)8-7-13(2)3/h4-9H2,1-3H3,(H,12,15)(H,16,17). The van der Waals surface area contributed by atoms with Gasteiger partial charge in [0.15, 0.2) is 0 Å². The number of carbonyl (C=O) groups is 2. The number of nitrogens with one attached hydrogen (secondary N) is 1. The van der Waals surface area contributed by atoms with Crippen molar-refractivity contribution in [3.05, 3.63) is 0 Å². The lowest BCUT2D eigenvalue weighted by molar-refractivity contribution is -0.138. The Kier molecular flexibility index (Phi) is 8.35. The summed E-state index contributed by atoms with van der Waals surface area (Å²) in [4.78, 5) is 25.7. The SMILES string of the molecule is CCNC(=O)CCN(CCN(C)C)CC(=O)O. The van der Waals surface area contributed by atoms with Crippen LogP contribution in [0.25, 0.3) is 0 Å². The Bertz CT molecular complexity index is 244. The summed E-state index contributed by atoms with van der Waals surface area (Å²) in [5.74, 6) is -0.896. The van der Waals surface area contributed by atoms with E-state index < -0.39 is 5.97 Å². The Morgan fingerprint density at radius 2 is 1.82 bits per heavy atom. The van der Waals surface area contributed by atoms with Crippen LogP contribution in [0.5, 0.6) is 0 Å². The van der Waals surface area contributed by atoms with Crippen molar-refractivity contribution in [1.29, 1.82) is 0 Å². The first-order valence-corrected chi connectivity index (χ1v) is 5.81. The second kappa shape index (κ2) is 8.95. The van der Waals surface area contributed by atoms with Gasteiger partial charge in [0.05, 0.1) is 6.54 Å². The van der Waals surface area contributed by atoms with Gasteiger partial charge >= 0.3 is 5.97 Å². The van der Waals surface area contributed by atoms with Gasteiger partial charge in [-0.15, -0.1) is 0 Å². The van der Waals surface area contributed by atoms with Gasteiger partial charge < -0.3 is 15.3 Å². The molecule has 2 N–H and O–H groups in total. The molecule has 0 aromatic carbocycles. The van der Waals surface area contributed by atoms with Gasteiger partial charge in [0.25, 0.3) is 0 Å². The molecule has 17 heavy (non-hydrogen) atoms. The summed E-state index contributed by atoms with van der Waals surface area (Å²) < 4.78 is 0. The second-order valence-electron chi connectivity index (χ2n) is 4.18. The molecule has 6 heteroatoms. The maximum absolute atomic E-state index is 11.3. The van der Waals surface area contributed by atoms with Crippen molar-refractivity contribution < 1.29 is 14.7 Å². The molecule has 6 nitrogen and oxygen atoms in total. The van der Waals surface area contributed by atoms with Crippen molar-refractivity contribution in [2.24, 2.45) is 0 Å². The molecule has 0 aromatic heterocycles. The predicted molar refractivity (Wildman–Crippen MR) is 65.9 cm³/mol. The summed E-state index contributed by atoms with van der Waals surface area (Å²) in [6.07, 6.45) is 0.342. The molecule has 0 rings (SSSR count). The second-order valence-corrected chi connectivity index (χ2v) is 4.18. The van der Waals surface area contributed by atoms with Crippen molar-refractivity contribution in [3.63, 3.8) is 0 Å². The van der Waals surface area contributed by atoms with Gasteiger partial charge in [-0.25, -0.2) is 0 Å². The Balaban J connectivity index is 4.00. The van der Waals surface area contributed by atoms with Gasteiger partial charge in [0.1, 0.15) is 0 Å². The molecule has 1 amide bonds. The smallest absolute Gasteiger partial charge is 0.317 e. The molecule has 0 unspecified atom stereocenters. The summed E-state index contributed by atoms with van der Waals surface area (Å²) in [7, 11) is 3.87. The van der Waals surface area contributed by atoms with Crippen LogP contribution >= 0.6 is 0 Å². The molecule has 0 saturated heterocycles. The summed E-state index contributed by atoms with van der Waals surface area (Å²) in [6.45, 7) is 4.36. The third kappa shape index (κ3) is 9.77. The fourth-order valence-electron chi connectivity index (χ4n) is 1.35. The van der Waals surface area contributed by atoms with Gasteiger partial charge in [-0.1, -0.05) is 0 Å². The van der Waals surface area contributed by atoms with Crippen LogP contribution in [0.1, 0.15) is 13.3 Å². The Morgan fingerprint density at radius 3 is 2.29 bits per heavy atom. The van der Waals surface area contributed by atoms with Gasteiger partial charge in [-0.05, 0) is 21.0 Å². The van der Waals surface area contributed by atoms with E-state index in [1.54, 1.807) is 4.90 Å². The van der Waals surface area contributed by atoms with Crippen LogP contribution in [0.3, 0.4) is 0 Å². The summed E-state index contributed by atoms with van der Waals surface area (Å²) in [5, 5.41) is 11.5. The molecular formula is C11H23N3O3. The highest BCUT2D eigenvalue weighted by molar-refractivity contribution is 5.76. The molecule has 0 fully saturated rings. The summed E-state index contributed by atoms with van der Waals surface area (Å²) in [5.41, 5.74) is 0. The van der Waals surface area contributed by atoms with E-state index in [-0.39, 0.29) is 12.5 Å². The van der Waals surface area contributed by atoms with Crippen molar-refractivity contribution >= 4 is 11.9 Å². The highest BCUT2D eigenvalue weighted by Crippen LogP contribution is 1.93. The zero-order chi connectivity index (χ0) is 13.3. The Hall–Kier alpha value is -1.14. The predicted octanol–water partition coefficient (Wildman–Crippen LogP) is -0.539. The van der Waals surface area contributed by atoms with Crippen molar-refractivity contribution in [1.82, 2.24) is 15.1 Å². The maximum Gasteiger partial charge on any atom is 0.317 e.